The van der Waals surface area contributed by atoms with Crippen LogP contribution in [0.25, 0.3) is 0 Å². The number of rotatable bonds is 3. The Morgan fingerprint density at radius 1 is 1.23 bits per heavy atom. The van der Waals surface area contributed by atoms with Crippen LogP contribution in [0.2, 0.25) is 5.02 Å². The zero-order valence-corrected chi connectivity index (χ0v) is 15.9. The van der Waals surface area contributed by atoms with E-state index in [1.54, 1.807) is 11.8 Å². The minimum absolute atomic E-state index is 0. The predicted molar refractivity (Wildman–Crippen MR) is 100 cm³/mol. The lowest BCUT2D eigenvalue weighted by molar-refractivity contribution is 0.709. The maximum Gasteiger partial charge on any atom is 0.0647 e. The van der Waals surface area contributed by atoms with Gasteiger partial charge in [-0.25, -0.2) is 0 Å². The van der Waals surface area contributed by atoms with Gasteiger partial charge < -0.3 is 5.32 Å². The molecule has 2 aromatic rings. The molecule has 1 aromatic carbocycles. The molecule has 22 heavy (non-hydrogen) atoms. The Morgan fingerprint density at radius 3 is 2.86 bits per heavy atom. The van der Waals surface area contributed by atoms with E-state index in [9.17, 15) is 0 Å². The first-order valence-electron chi connectivity index (χ1n) is 6.99. The minimum atomic E-state index is 0. The van der Waals surface area contributed by atoms with Crippen molar-refractivity contribution in [3.05, 3.63) is 56.8 Å². The number of aromatic nitrogens is 1. The molecule has 0 spiro atoms. The molecule has 0 aliphatic carbocycles. The van der Waals surface area contributed by atoms with E-state index in [1.807, 2.05) is 24.4 Å². The average Bonchev–Trinajstić information content (AvgIpc) is 2.73. The second-order valence-electron chi connectivity index (χ2n) is 4.98. The summed E-state index contributed by atoms with van der Waals surface area (Å²) < 4.78 is 1.05. The molecule has 1 aliphatic heterocycles. The summed E-state index contributed by atoms with van der Waals surface area (Å²) in [5.41, 5.74) is 3.89. The van der Waals surface area contributed by atoms with Crippen LogP contribution >= 0.6 is 51.7 Å². The van der Waals surface area contributed by atoms with E-state index in [1.165, 1.54) is 16.0 Å². The van der Waals surface area contributed by atoms with Gasteiger partial charge in [0.2, 0.25) is 0 Å². The van der Waals surface area contributed by atoms with Crippen LogP contribution in [0.15, 0.2) is 39.8 Å². The summed E-state index contributed by atoms with van der Waals surface area (Å²) in [5.74, 6) is 0.824. The maximum atomic E-state index is 6.45. The minimum Gasteiger partial charge on any atom is -0.316 e. The van der Waals surface area contributed by atoms with Crippen LogP contribution in [0.3, 0.4) is 0 Å². The highest BCUT2D eigenvalue weighted by molar-refractivity contribution is 9.10. The Morgan fingerprint density at radius 2 is 2.05 bits per heavy atom. The van der Waals surface area contributed by atoms with Crippen LogP contribution in [0.4, 0.5) is 0 Å². The Balaban J connectivity index is 0.00000176. The zero-order chi connectivity index (χ0) is 14.7. The van der Waals surface area contributed by atoms with Gasteiger partial charge in [-0.2, -0.15) is 0 Å². The van der Waals surface area contributed by atoms with Gasteiger partial charge in [-0.15, -0.1) is 24.2 Å². The molecular weight excluding hydrogens is 403 g/mol. The second kappa shape index (κ2) is 8.55. The molecule has 2 heterocycles. The summed E-state index contributed by atoms with van der Waals surface area (Å²) in [7, 11) is 0. The van der Waals surface area contributed by atoms with E-state index in [0.29, 0.717) is 0 Å². The summed E-state index contributed by atoms with van der Waals surface area (Å²) in [6, 6.07) is 8.16. The summed E-state index contributed by atoms with van der Waals surface area (Å²) in [4.78, 5) is 5.65. The van der Waals surface area contributed by atoms with E-state index >= 15 is 0 Å². The molecule has 0 unspecified atom stereocenters. The van der Waals surface area contributed by atoms with Gasteiger partial charge in [0.05, 0.1) is 10.7 Å². The van der Waals surface area contributed by atoms with Gasteiger partial charge in [-0.3, -0.25) is 4.98 Å². The third kappa shape index (κ3) is 4.18. The zero-order valence-electron chi connectivity index (χ0n) is 11.9. The highest BCUT2D eigenvalue weighted by atomic mass is 79.9. The predicted octanol–water partition coefficient (Wildman–Crippen LogP) is 4.90. The van der Waals surface area contributed by atoms with Crippen molar-refractivity contribution in [2.24, 2.45) is 0 Å². The standard InChI is InChI=1S/C16H16BrClN2S.ClH/c17-13-2-1-7-20-15(13)10-21-16-12-6-9-19-8-5-11(12)3-4-14(16)18;/h1-4,7,19H,5-6,8-10H2;1H. The number of thioether (sulfide) groups is 1. The maximum absolute atomic E-state index is 6.45. The van der Waals surface area contributed by atoms with Crippen molar-refractivity contribution in [3.63, 3.8) is 0 Å². The molecule has 0 amide bonds. The molecule has 0 saturated carbocycles. The lowest BCUT2D eigenvalue weighted by Gasteiger charge is -2.14. The van der Waals surface area contributed by atoms with Crippen LogP contribution in [-0.2, 0) is 18.6 Å². The number of fused-ring (bicyclic) bond motifs is 1. The van der Waals surface area contributed by atoms with Gasteiger partial charge >= 0.3 is 0 Å². The largest absolute Gasteiger partial charge is 0.316 e. The van der Waals surface area contributed by atoms with E-state index in [0.717, 1.165) is 46.9 Å². The van der Waals surface area contributed by atoms with Gasteiger partial charge in [-0.1, -0.05) is 17.7 Å². The van der Waals surface area contributed by atoms with Gasteiger partial charge in [0.1, 0.15) is 0 Å². The fourth-order valence-corrected chi connectivity index (χ4v) is 4.58. The molecule has 1 N–H and O–H groups in total. The Bertz CT molecular complexity index is 652. The van der Waals surface area contributed by atoms with E-state index in [2.05, 4.69) is 32.3 Å². The number of benzene rings is 1. The smallest absolute Gasteiger partial charge is 0.0647 e. The number of halogens is 3. The topological polar surface area (TPSA) is 24.9 Å². The van der Waals surface area contributed by atoms with Gasteiger partial charge in [0.25, 0.3) is 0 Å². The fourth-order valence-electron chi connectivity index (χ4n) is 2.53. The highest BCUT2D eigenvalue weighted by Crippen LogP contribution is 2.36. The van der Waals surface area contributed by atoms with Crippen molar-refractivity contribution in [1.29, 1.82) is 0 Å². The molecule has 0 bridgehead atoms. The number of hydrogen-bond donors (Lipinski definition) is 1. The molecule has 3 rings (SSSR count). The monoisotopic (exact) mass is 418 g/mol. The molecule has 2 nitrogen and oxygen atoms in total. The highest BCUT2D eigenvalue weighted by Gasteiger charge is 2.15. The third-order valence-corrected chi connectivity index (χ3v) is 5.94. The summed E-state index contributed by atoms with van der Waals surface area (Å²) in [6.07, 6.45) is 3.95. The average molecular weight is 420 g/mol. The van der Waals surface area contributed by atoms with Crippen LogP contribution in [0.5, 0.6) is 0 Å². The molecule has 118 valence electrons. The van der Waals surface area contributed by atoms with Crippen molar-refractivity contribution in [1.82, 2.24) is 10.3 Å². The number of hydrogen-bond acceptors (Lipinski definition) is 3. The molecule has 0 radical (unpaired) electrons. The van der Waals surface area contributed by atoms with E-state index < -0.39 is 0 Å². The number of nitrogens with one attached hydrogen (secondary N) is 1. The summed E-state index contributed by atoms with van der Waals surface area (Å²) >= 11 is 11.8. The van der Waals surface area contributed by atoms with Crippen LogP contribution < -0.4 is 5.32 Å². The molecule has 0 fully saturated rings. The number of nitrogens with zero attached hydrogens (tertiary/aromatic N) is 1. The lowest BCUT2D eigenvalue weighted by atomic mass is 10.0. The Hall–Kier alpha value is -0.260. The summed E-state index contributed by atoms with van der Waals surface area (Å²) in [5, 5.41) is 4.31. The Labute approximate surface area is 155 Å². The van der Waals surface area contributed by atoms with E-state index in [4.69, 9.17) is 11.6 Å². The molecule has 0 atom stereocenters. The van der Waals surface area contributed by atoms with Crippen molar-refractivity contribution in [2.45, 2.75) is 23.5 Å². The van der Waals surface area contributed by atoms with Crippen molar-refractivity contribution in [3.8, 4) is 0 Å². The summed E-state index contributed by atoms with van der Waals surface area (Å²) in [6.45, 7) is 2.07. The fraction of sp³-hybridized carbons (Fsp3) is 0.312. The van der Waals surface area contributed by atoms with Crippen molar-refractivity contribution < 1.29 is 0 Å². The van der Waals surface area contributed by atoms with Gasteiger partial charge in [0, 0.05) is 21.3 Å². The van der Waals surface area contributed by atoms with Gasteiger partial charge in [-0.05, 0) is 71.2 Å². The lowest BCUT2D eigenvalue weighted by Crippen LogP contribution is -2.16. The van der Waals surface area contributed by atoms with Crippen LogP contribution in [-0.4, -0.2) is 18.1 Å². The third-order valence-electron chi connectivity index (χ3n) is 3.62. The van der Waals surface area contributed by atoms with Crippen molar-refractivity contribution >= 4 is 51.7 Å². The Kier molecular flexibility index (Phi) is 7.03. The first kappa shape index (κ1) is 18.1. The first-order chi connectivity index (χ1) is 10.3. The quantitative estimate of drug-likeness (QED) is 0.716. The number of pyridine rings is 1. The van der Waals surface area contributed by atoms with Gasteiger partial charge in [0.15, 0.2) is 0 Å². The molecule has 1 aromatic heterocycles. The van der Waals surface area contributed by atoms with E-state index in [-0.39, 0.29) is 12.4 Å². The molecule has 1 aliphatic rings. The van der Waals surface area contributed by atoms with Crippen molar-refractivity contribution in [2.75, 3.05) is 13.1 Å². The molecule has 6 heteroatoms. The first-order valence-corrected chi connectivity index (χ1v) is 9.14. The normalized spacial score (nSPS) is 13.9. The van der Waals surface area contributed by atoms with Crippen LogP contribution in [0.1, 0.15) is 16.8 Å². The van der Waals surface area contributed by atoms with Crippen LogP contribution in [0, 0.1) is 0 Å². The molecular formula is C16H17BrCl2N2S. The molecule has 0 saturated heterocycles. The second-order valence-corrected chi connectivity index (χ2v) is 7.23. The SMILES string of the molecule is Cl.Clc1ccc2c(c1SCc1ncccc1Br)CCNCC2.